The minimum Gasteiger partial charge on any atom is -0.473 e. The van der Waals surface area contributed by atoms with Crippen LogP contribution in [-0.2, 0) is 18.0 Å². The molecule has 2 aromatic heterocycles. The molecule has 0 aliphatic carbocycles. The highest BCUT2D eigenvalue weighted by atomic mass is 19.1. The zero-order valence-corrected chi connectivity index (χ0v) is 25.8. The van der Waals surface area contributed by atoms with E-state index in [-0.39, 0.29) is 24.1 Å². The van der Waals surface area contributed by atoms with Crippen molar-refractivity contribution in [2.24, 2.45) is 0 Å². The maximum atomic E-state index is 16.2. The van der Waals surface area contributed by atoms with E-state index < -0.39 is 17.5 Å². The normalized spacial score (nSPS) is 13.4. The van der Waals surface area contributed by atoms with Crippen molar-refractivity contribution in [2.75, 3.05) is 18.0 Å². The summed E-state index contributed by atoms with van der Waals surface area (Å²) in [7, 11) is 0. The fraction of sp³-hybridized carbons (Fsp3) is 0.278. The molecule has 0 unspecified atom stereocenters. The summed E-state index contributed by atoms with van der Waals surface area (Å²) in [5, 5.41) is 3.64. The molecule has 232 valence electrons. The van der Waals surface area contributed by atoms with Crippen LogP contribution in [0.4, 0.5) is 14.9 Å². The Labute approximate surface area is 261 Å². The Morgan fingerprint density at radius 2 is 1.60 bits per heavy atom. The summed E-state index contributed by atoms with van der Waals surface area (Å²) in [5.41, 5.74) is 3.16. The Hall–Kier alpha value is -5.05. The number of amides is 1. The molecule has 0 spiro atoms. The highest BCUT2D eigenvalue weighted by molar-refractivity contribution is 6.02. The lowest BCUT2D eigenvalue weighted by atomic mass is 9.99. The molecule has 1 aliphatic rings. The monoisotopic (exact) mass is 609 g/mol. The van der Waals surface area contributed by atoms with Crippen molar-refractivity contribution >= 4 is 22.7 Å². The molecule has 5 aromatic rings. The van der Waals surface area contributed by atoms with Gasteiger partial charge in [0, 0.05) is 24.5 Å². The number of hydrogen-bond donors (Lipinski definition) is 1. The van der Waals surface area contributed by atoms with Crippen molar-refractivity contribution in [3.8, 4) is 22.9 Å². The number of carbonyl (C=O) groups is 1. The van der Waals surface area contributed by atoms with E-state index in [0.29, 0.717) is 48.2 Å². The molecule has 0 saturated carbocycles. The topological polar surface area (TPSA) is 86.1 Å². The molecule has 0 atom stereocenters. The number of rotatable bonds is 9. The second kappa shape index (κ2) is 12.5. The predicted molar refractivity (Wildman–Crippen MR) is 171 cm³/mol. The standard InChI is InChI=1S/C36H36FN3O5/c1-23-17-28-30(40-19-26(20-40)38-35(41)45-36(2,3)4)18-29(37)32(33(28)44-23)27-15-16-31(42-21-24-11-7-5-8-12-24)39-34(27)43-22-25-13-9-6-10-14-25/h5-18,26H,19-22H2,1-4H3,(H,38,41). The van der Waals surface area contributed by atoms with Crippen LogP contribution in [0.25, 0.3) is 22.1 Å². The number of ether oxygens (including phenoxy) is 3. The van der Waals surface area contributed by atoms with E-state index in [1.54, 1.807) is 12.1 Å². The molecule has 6 rings (SSSR count). The Bertz CT molecular complexity index is 1800. The highest BCUT2D eigenvalue weighted by Crippen LogP contribution is 2.43. The van der Waals surface area contributed by atoms with Gasteiger partial charge in [-0.1, -0.05) is 60.7 Å². The number of nitrogens with one attached hydrogen (secondary N) is 1. The van der Waals surface area contributed by atoms with Crippen molar-refractivity contribution in [1.82, 2.24) is 10.3 Å². The molecule has 3 aromatic carbocycles. The number of nitrogens with zero attached hydrogens (tertiary/aromatic N) is 2. The molecular formula is C36H36FN3O5. The number of aromatic nitrogens is 1. The van der Waals surface area contributed by atoms with Gasteiger partial charge in [-0.3, -0.25) is 0 Å². The number of anilines is 1. The number of benzene rings is 3. The van der Waals surface area contributed by atoms with Crippen LogP contribution in [0.1, 0.15) is 37.7 Å². The van der Waals surface area contributed by atoms with Crippen LogP contribution < -0.4 is 19.7 Å². The third kappa shape index (κ3) is 7.03. The van der Waals surface area contributed by atoms with Gasteiger partial charge in [0.25, 0.3) is 0 Å². The van der Waals surface area contributed by atoms with Crippen LogP contribution in [0.5, 0.6) is 11.8 Å². The number of halogens is 1. The van der Waals surface area contributed by atoms with E-state index in [1.807, 2.05) is 99.3 Å². The van der Waals surface area contributed by atoms with E-state index in [1.165, 1.54) is 6.07 Å². The Balaban J connectivity index is 1.30. The minimum absolute atomic E-state index is 0.115. The minimum atomic E-state index is -0.586. The van der Waals surface area contributed by atoms with Crippen LogP contribution in [-0.4, -0.2) is 35.8 Å². The number of fused-ring (bicyclic) bond motifs is 1. The summed E-state index contributed by atoms with van der Waals surface area (Å²) >= 11 is 0. The van der Waals surface area contributed by atoms with E-state index in [4.69, 9.17) is 18.6 Å². The Kier molecular flexibility index (Phi) is 8.34. The second-order valence-corrected chi connectivity index (χ2v) is 12.2. The summed E-state index contributed by atoms with van der Waals surface area (Å²) in [6.07, 6.45) is -0.468. The zero-order chi connectivity index (χ0) is 31.6. The zero-order valence-electron chi connectivity index (χ0n) is 25.8. The molecule has 3 heterocycles. The van der Waals surface area contributed by atoms with Gasteiger partial charge in [0.2, 0.25) is 11.8 Å². The van der Waals surface area contributed by atoms with E-state index in [2.05, 4.69) is 10.3 Å². The Morgan fingerprint density at radius 3 is 2.24 bits per heavy atom. The number of alkyl carbamates (subject to hydrolysis) is 1. The first-order valence-corrected chi connectivity index (χ1v) is 14.9. The molecule has 1 aliphatic heterocycles. The molecule has 0 bridgehead atoms. The number of hydrogen-bond acceptors (Lipinski definition) is 7. The smallest absolute Gasteiger partial charge is 0.407 e. The first kappa shape index (κ1) is 30.0. The summed E-state index contributed by atoms with van der Waals surface area (Å²) in [6, 6.07) is 26.3. The van der Waals surface area contributed by atoms with Crippen molar-refractivity contribution < 1.29 is 27.8 Å². The lowest BCUT2D eigenvalue weighted by Gasteiger charge is -2.41. The fourth-order valence-corrected chi connectivity index (χ4v) is 5.28. The maximum absolute atomic E-state index is 16.2. The van der Waals surface area contributed by atoms with Gasteiger partial charge in [-0.2, -0.15) is 4.98 Å². The average Bonchev–Trinajstić information content (AvgIpc) is 3.38. The van der Waals surface area contributed by atoms with Crippen LogP contribution in [0.2, 0.25) is 0 Å². The van der Waals surface area contributed by atoms with Crippen LogP contribution in [0.15, 0.2) is 89.3 Å². The first-order chi connectivity index (χ1) is 21.6. The highest BCUT2D eigenvalue weighted by Gasteiger charge is 2.33. The van der Waals surface area contributed by atoms with Crippen molar-refractivity contribution in [3.63, 3.8) is 0 Å². The van der Waals surface area contributed by atoms with Crippen LogP contribution in [0, 0.1) is 12.7 Å². The van der Waals surface area contributed by atoms with Crippen LogP contribution >= 0.6 is 0 Å². The second-order valence-electron chi connectivity index (χ2n) is 12.2. The van der Waals surface area contributed by atoms with E-state index in [0.717, 1.165) is 16.5 Å². The van der Waals surface area contributed by atoms with Gasteiger partial charge >= 0.3 is 6.09 Å². The molecule has 0 radical (unpaired) electrons. The van der Waals surface area contributed by atoms with Crippen LogP contribution in [0.3, 0.4) is 0 Å². The van der Waals surface area contributed by atoms with Crippen molar-refractivity contribution in [3.05, 3.63) is 108 Å². The lowest BCUT2D eigenvalue weighted by molar-refractivity contribution is 0.0496. The number of pyridine rings is 1. The molecule has 1 amide bonds. The summed E-state index contributed by atoms with van der Waals surface area (Å²) in [6.45, 7) is 8.89. The van der Waals surface area contributed by atoms with Crippen molar-refractivity contribution in [1.29, 1.82) is 0 Å². The van der Waals surface area contributed by atoms with E-state index >= 15 is 4.39 Å². The molecule has 8 nitrogen and oxygen atoms in total. The van der Waals surface area contributed by atoms with Gasteiger partial charge in [0.1, 0.15) is 36.0 Å². The summed E-state index contributed by atoms with van der Waals surface area (Å²) in [5.74, 6) is 0.764. The molecular weight excluding hydrogens is 573 g/mol. The quantitative estimate of drug-likeness (QED) is 0.182. The van der Waals surface area contributed by atoms with E-state index in [9.17, 15) is 4.79 Å². The molecule has 1 N–H and O–H groups in total. The molecule has 45 heavy (non-hydrogen) atoms. The number of carbonyl (C=O) groups excluding carboxylic acids is 1. The Morgan fingerprint density at radius 1 is 0.956 bits per heavy atom. The summed E-state index contributed by atoms with van der Waals surface area (Å²) < 4.78 is 39.9. The van der Waals surface area contributed by atoms with Gasteiger partial charge in [-0.25, -0.2) is 9.18 Å². The van der Waals surface area contributed by atoms with Crippen molar-refractivity contribution in [2.45, 2.75) is 52.6 Å². The first-order valence-electron chi connectivity index (χ1n) is 14.9. The van der Waals surface area contributed by atoms with Gasteiger partial charge in [-0.05, 0) is 57.0 Å². The number of furan rings is 1. The third-order valence-corrected chi connectivity index (χ3v) is 7.36. The largest absolute Gasteiger partial charge is 0.473 e. The number of aryl methyl sites for hydroxylation is 1. The maximum Gasteiger partial charge on any atom is 0.407 e. The summed E-state index contributed by atoms with van der Waals surface area (Å²) in [4.78, 5) is 18.9. The fourth-order valence-electron chi connectivity index (χ4n) is 5.28. The molecule has 1 saturated heterocycles. The third-order valence-electron chi connectivity index (χ3n) is 7.36. The predicted octanol–water partition coefficient (Wildman–Crippen LogP) is 7.81. The molecule has 9 heteroatoms. The van der Waals surface area contributed by atoms with Gasteiger partial charge in [0.15, 0.2) is 0 Å². The molecule has 1 fully saturated rings. The SMILES string of the molecule is Cc1cc2c(N3CC(NC(=O)OC(C)(C)C)C3)cc(F)c(-c3ccc(OCc4ccccc4)nc3OCc3ccccc3)c2o1. The van der Waals surface area contributed by atoms with Gasteiger partial charge < -0.3 is 28.8 Å². The lowest BCUT2D eigenvalue weighted by Crippen LogP contribution is -2.60. The van der Waals surface area contributed by atoms with Gasteiger partial charge in [0.05, 0.1) is 22.9 Å². The van der Waals surface area contributed by atoms with Gasteiger partial charge in [-0.15, -0.1) is 0 Å². The average molecular weight is 610 g/mol.